The number of carbonyl (C=O) groups excluding carboxylic acids is 1. The zero-order valence-corrected chi connectivity index (χ0v) is 10.1. The summed E-state index contributed by atoms with van der Waals surface area (Å²) in [5.41, 5.74) is 0.779. The topological polar surface area (TPSA) is 49.8 Å². The quantitative estimate of drug-likeness (QED) is 0.862. The van der Waals surface area contributed by atoms with Gasteiger partial charge in [-0.05, 0) is 18.6 Å². The number of aliphatic hydroxyl groups is 1. The van der Waals surface area contributed by atoms with Gasteiger partial charge >= 0.3 is 0 Å². The molecule has 0 saturated heterocycles. The Labute approximate surface area is 101 Å². The normalized spacial score (nSPS) is 20.8. The van der Waals surface area contributed by atoms with Crippen molar-refractivity contribution in [1.29, 1.82) is 0 Å². The molecule has 0 aliphatic carbocycles. The van der Waals surface area contributed by atoms with Gasteiger partial charge in [-0.15, -0.1) is 0 Å². The van der Waals surface area contributed by atoms with E-state index < -0.39 is 6.10 Å². The number of fused-ring (bicyclic) bond motifs is 1. The third kappa shape index (κ3) is 2.00. The molecule has 1 aliphatic heterocycles. The molecule has 0 spiro atoms. The molecule has 4 heteroatoms. The number of carbonyl (C=O) groups is 1. The maximum atomic E-state index is 12.1. The van der Waals surface area contributed by atoms with E-state index in [1.165, 1.54) is 0 Å². The highest BCUT2D eigenvalue weighted by Gasteiger charge is 2.36. The summed E-state index contributed by atoms with van der Waals surface area (Å²) in [4.78, 5) is 13.7. The van der Waals surface area contributed by atoms with E-state index in [-0.39, 0.29) is 18.4 Å². The molecule has 0 fully saturated rings. The number of nitrogens with zero attached hydrogens (tertiary/aromatic N) is 1. The number of hydrogen-bond donors (Lipinski definition) is 1. The molecule has 1 N–H and O–H groups in total. The fourth-order valence-corrected chi connectivity index (χ4v) is 2.07. The van der Waals surface area contributed by atoms with Gasteiger partial charge in [-0.3, -0.25) is 4.79 Å². The second-order valence-electron chi connectivity index (χ2n) is 4.25. The summed E-state index contributed by atoms with van der Waals surface area (Å²) in [6.45, 7) is 1.90. The Balaban J connectivity index is 2.33. The molecule has 4 nitrogen and oxygen atoms in total. The van der Waals surface area contributed by atoms with Gasteiger partial charge in [-0.1, -0.05) is 19.1 Å². The second kappa shape index (κ2) is 4.75. The van der Waals surface area contributed by atoms with E-state index in [1.807, 2.05) is 31.2 Å². The zero-order chi connectivity index (χ0) is 12.4. The minimum atomic E-state index is -0.579. The van der Waals surface area contributed by atoms with Crippen molar-refractivity contribution in [3.63, 3.8) is 0 Å². The van der Waals surface area contributed by atoms with Gasteiger partial charge in [0.2, 0.25) is 0 Å². The van der Waals surface area contributed by atoms with Gasteiger partial charge in [0.15, 0.2) is 6.10 Å². The molecule has 1 aromatic carbocycles. The molecule has 1 aromatic rings. The lowest BCUT2D eigenvalue weighted by Crippen LogP contribution is -2.48. The lowest BCUT2D eigenvalue weighted by Gasteiger charge is -2.35. The molecule has 2 rings (SSSR count). The highest BCUT2D eigenvalue weighted by molar-refractivity contribution is 5.99. The van der Waals surface area contributed by atoms with Gasteiger partial charge in [0.05, 0.1) is 5.69 Å². The molecular weight excluding hydrogens is 218 g/mol. The van der Waals surface area contributed by atoms with Gasteiger partial charge in [0, 0.05) is 19.6 Å². The standard InChI is InChI=1S/C13H17NO3/c1-3-9(8-15)12-13(16)14(2)10-6-4-5-7-11(10)17-12/h4-7,9,12,15H,3,8H2,1-2H3. The van der Waals surface area contributed by atoms with Crippen LogP contribution in [-0.2, 0) is 4.79 Å². The van der Waals surface area contributed by atoms with Gasteiger partial charge in [0.25, 0.3) is 5.91 Å². The highest BCUT2D eigenvalue weighted by Crippen LogP contribution is 2.34. The van der Waals surface area contributed by atoms with Gasteiger partial charge in [-0.2, -0.15) is 0 Å². The number of amides is 1. The van der Waals surface area contributed by atoms with Crippen molar-refractivity contribution in [2.45, 2.75) is 19.4 Å². The van der Waals surface area contributed by atoms with Crippen molar-refractivity contribution in [3.8, 4) is 5.75 Å². The van der Waals surface area contributed by atoms with Crippen molar-refractivity contribution in [2.75, 3.05) is 18.6 Å². The van der Waals surface area contributed by atoms with E-state index >= 15 is 0 Å². The third-order valence-corrected chi connectivity index (χ3v) is 3.24. The van der Waals surface area contributed by atoms with Crippen LogP contribution in [0.25, 0.3) is 0 Å². The van der Waals surface area contributed by atoms with Gasteiger partial charge in [-0.25, -0.2) is 0 Å². The molecule has 0 bridgehead atoms. The maximum absolute atomic E-state index is 12.1. The summed E-state index contributed by atoms with van der Waals surface area (Å²) in [5, 5.41) is 9.28. The van der Waals surface area contributed by atoms with Crippen LogP contribution in [0.3, 0.4) is 0 Å². The van der Waals surface area contributed by atoms with Crippen molar-refractivity contribution < 1.29 is 14.6 Å². The van der Waals surface area contributed by atoms with Crippen molar-refractivity contribution in [2.24, 2.45) is 5.92 Å². The first-order valence-corrected chi connectivity index (χ1v) is 5.83. The first kappa shape index (κ1) is 11.9. The van der Waals surface area contributed by atoms with Crippen LogP contribution in [0.4, 0.5) is 5.69 Å². The summed E-state index contributed by atoms with van der Waals surface area (Å²) in [6.07, 6.45) is 0.132. The first-order chi connectivity index (χ1) is 8.19. The minimum absolute atomic E-state index is 0.0388. The Kier molecular flexibility index (Phi) is 3.33. The molecule has 1 heterocycles. The van der Waals surface area contributed by atoms with Crippen LogP contribution in [0, 0.1) is 5.92 Å². The number of aliphatic hydroxyl groups excluding tert-OH is 1. The van der Waals surface area contributed by atoms with Crippen LogP contribution in [0.15, 0.2) is 24.3 Å². The molecule has 1 amide bonds. The van der Waals surface area contributed by atoms with E-state index in [4.69, 9.17) is 4.74 Å². The second-order valence-corrected chi connectivity index (χ2v) is 4.25. The summed E-state index contributed by atoms with van der Waals surface area (Å²) < 4.78 is 5.71. The molecule has 0 saturated carbocycles. The summed E-state index contributed by atoms with van der Waals surface area (Å²) in [7, 11) is 1.74. The molecular formula is C13H17NO3. The van der Waals surface area contributed by atoms with E-state index in [1.54, 1.807) is 11.9 Å². The average molecular weight is 235 g/mol. The van der Waals surface area contributed by atoms with Gasteiger partial charge < -0.3 is 14.7 Å². The molecule has 2 unspecified atom stereocenters. The fraction of sp³-hybridized carbons (Fsp3) is 0.462. The Morgan fingerprint density at radius 1 is 1.47 bits per heavy atom. The Morgan fingerprint density at radius 3 is 2.82 bits per heavy atom. The average Bonchev–Trinajstić information content (AvgIpc) is 2.37. The number of hydrogen-bond acceptors (Lipinski definition) is 3. The van der Waals surface area contributed by atoms with Crippen molar-refractivity contribution in [3.05, 3.63) is 24.3 Å². The zero-order valence-electron chi connectivity index (χ0n) is 10.1. The van der Waals surface area contributed by atoms with E-state index in [0.29, 0.717) is 12.2 Å². The van der Waals surface area contributed by atoms with E-state index in [9.17, 15) is 9.90 Å². The van der Waals surface area contributed by atoms with Crippen LogP contribution < -0.4 is 9.64 Å². The van der Waals surface area contributed by atoms with Crippen molar-refractivity contribution in [1.82, 2.24) is 0 Å². The Bertz CT molecular complexity index is 415. The Morgan fingerprint density at radius 2 is 2.18 bits per heavy atom. The highest BCUT2D eigenvalue weighted by atomic mass is 16.5. The van der Waals surface area contributed by atoms with Gasteiger partial charge in [0.1, 0.15) is 5.75 Å². The number of benzene rings is 1. The third-order valence-electron chi connectivity index (χ3n) is 3.24. The molecule has 17 heavy (non-hydrogen) atoms. The number of para-hydroxylation sites is 2. The molecule has 92 valence electrons. The number of likely N-dealkylation sites (N-methyl/N-ethyl adjacent to an activating group) is 1. The smallest absolute Gasteiger partial charge is 0.268 e. The van der Waals surface area contributed by atoms with Crippen LogP contribution in [0.5, 0.6) is 5.75 Å². The molecule has 0 aromatic heterocycles. The minimum Gasteiger partial charge on any atom is -0.478 e. The molecule has 2 atom stereocenters. The predicted molar refractivity (Wildman–Crippen MR) is 65.1 cm³/mol. The lowest BCUT2D eigenvalue weighted by atomic mass is 9.97. The predicted octanol–water partition coefficient (Wildman–Crippen LogP) is 1.43. The summed E-state index contributed by atoms with van der Waals surface area (Å²) in [6, 6.07) is 7.44. The summed E-state index contributed by atoms with van der Waals surface area (Å²) in [5.74, 6) is 0.453. The monoisotopic (exact) mass is 235 g/mol. The SMILES string of the molecule is CCC(CO)C1Oc2ccccc2N(C)C1=O. The number of ether oxygens (including phenoxy) is 1. The van der Waals surface area contributed by atoms with Crippen molar-refractivity contribution >= 4 is 11.6 Å². The van der Waals surface area contributed by atoms with Crippen LogP contribution in [0.2, 0.25) is 0 Å². The van der Waals surface area contributed by atoms with Crippen LogP contribution in [0.1, 0.15) is 13.3 Å². The van der Waals surface area contributed by atoms with E-state index in [2.05, 4.69) is 0 Å². The van der Waals surface area contributed by atoms with Crippen LogP contribution in [-0.4, -0.2) is 30.8 Å². The number of anilines is 1. The molecule has 1 aliphatic rings. The maximum Gasteiger partial charge on any atom is 0.268 e. The van der Waals surface area contributed by atoms with E-state index in [0.717, 1.165) is 5.69 Å². The van der Waals surface area contributed by atoms with Crippen LogP contribution >= 0.6 is 0 Å². The Hall–Kier alpha value is -1.55. The summed E-state index contributed by atoms with van der Waals surface area (Å²) >= 11 is 0. The molecule has 0 radical (unpaired) electrons. The lowest BCUT2D eigenvalue weighted by molar-refractivity contribution is -0.129. The number of rotatable bonds is 3. The fourth-order valence-electron chi connectivity index (χ4n) is 2.07. The first-order valence-electron chi connectivity index (χ1n) is 5.83. The largest absolute Gasteiger partial charge is 0.478 e.